The van der Waals surface area contributed by atoms with E-state index in [1.54, 1.807) is 42.5 Å². The lowest BCUT2D eigenvalue weighted by Gasteiger charge is -2.14. The highest BCUT2D eigenvalue weighted by Crippen LogP contribution is 2.37. The number of ether oxygens (including phenoxy) is 1. The minimum absolute atomic E-state index is 0.0127. The zero-order valence-electron chi connectivity index (χ0n) is 13.9. The number of benzene rings is 2. The van der Waals surface area contributed by atoms with Crippen LogP contribution in [0, 0.1) is 0 Å². The maximum absolute atomic E-state index is 12.3. The summed E-state index contributed by atoms with van der Waals surface area (Å²) in [7, 11) is 1.47. The van der Waals surface area contributed by atoms with E-state index in [-0.39, 0.29) is 23.1 Å². The number of nitrogens with one attached hydrogen (secondary N) is 1. The van der Waals surface area contributed by atoms with Crippen molar-refractivity contribution >= 4 is 16.7 Å². The number of aromatic hydroxyl groups is 2. The lowest BCUT2D eigenvalue weighted by atomic mass is 9.98. The summed E-state index contributed by atoms with van der Waals surface area (Å²) in [4.78, 5) is 12.3. The predicted molar refractivity (Wildman–Crippen MR) is 95.8 cm³/mol. The molecule has 0 bridgehead atoms. The van der Waals surface area contributed by atoms with Crippen molar-refractivity contribution in [3.63, 3.8) is 0 Å². The monoisotopic (exact) mass is 352 g/mol. The Kier molecular flexibility index (Phi) is 3.76. The van der Waals surface area contributed by atoms with E-state index in [4.69, 9.17) is 9.15 Å². The quantitative estimate of drug-likeness (QED) is 0.626. The molecule has 4 rings (SSSR count). The van der Waals surface area contributed by atoms with Crippen LogP contribution in [-0.2, 0) is 0 Å². The molecule has 1 atom stereocenters. The first-order valence-corrected chi connectivity index (χ1v) is 8.03. The molecule has 132 valence electrons. The lowest BCUT2D eigenvalue weighted by Crippen LogP contribution is -2.15. The molecular weight excluding hydrogens is 336 g/mol. The molecule has 0 radical (unpaired) electrons. The minimum atomic E-state index is -0.655. The highest BCUT2D eigenvalue weighted by atomic mass is 16.5. The second-order valence-electron chi connectivity index (χ2n) is 5.95. The molecule has 3 aromatic rings. The molecule has 7 nitrogen and oxygen atoms in total. The molecule has 3 N–H and O–H groups in total. The van der Waals surface area contributed by atoms with Crippen molar-refractivity contribution in [2.24, 2.45) is 5.10 Å². The van der Waals surface area contributed by atoms with Gasteiger partial charge in [0, 0.05) is 12.0 Å². The van der Waals surface area contributed by atoms with Crippen LogP contribution in [0.2, 0.25) is 0 Å². The van der Waals surface area contributed by atoms with E-state index in [0.717, 1.165) is 0 Å². The fourth-order valence-corrected chi connectivity index (χ4v) is 3.15. The molecule has 26 heavy (non-hydrogen) atoms. The molecular formula is C19H16N2O5. The largest absolute Gasteiger partial charge is 0.506 e. The van der Waals surface area contributed by atoms with Crippen molar-refractivity contribution in [3.05, 3.63) is 64.0 Å². The van der Waals surface area contributed by atoms with Gasteiger partial charge in [0.25, 0.3) is 0 Å². The Morgan fingerprint density at radius 3 is 2.77 bits per heavy atom. The Bertz CT molecular complexity index is 1090. The van der Waals surface area contributed by atoms with Crippen LogP contribution in [-0.4, -0.2) is 23.0 Å². The fraction of sp³-hybridized carbons (Fsp3) is 0.158. The van der Waals surface area contributed by atoms with Crippen LogP contribution < -0.4 is 15.8 Å². The van der Waals surface area contributed by atoms with Gasteiger partial charge in [-0.3, -0.25) is 0 Å². The molecule has 7 heteroatoms. The van der Waals surface area contributed by atoms with Crippen molar-refractivity contribution in [1.82, 2.24) is 5.43 Å². The van der Waals surface area contributed by atoms with E-state index >= 15 is 0 Å². The number of para-hydroxylation sites is 2. The average Bonchev–Trinajstić information content (AvgIpc) is 3.11. The number of hydrazone groups is 1. The number of nitrogens with zero attached hydrogens (tertiary/aromatic N) is 1. The van der Waals surface area contributed by atoms with Crippen molar-refractivity contribution in [3.8, 4) is 17.2 Å². The molecule has 1 aromatic heterocycles. The Morgan fingerprint density at radius 1 is 1.15 bits per heavy atom. The molecule has 0 aliphatic carbocycles. The van der Waals surface area contributed by atoms with Crippen LogP contribution in [0.25, 0.3) is 11.0 Å². The SMILES string of the molecule is COc1cccc(C2CC(c3c(O)c4ccccc4oc3=O)=NN2)c1O. The number of methoxy groups -OCH3 is 1. The van der Waals surface area contributed by atoms with Gasteiger partial charge in [-0.25, -0.2) is 4.79 Å². The van der Waals surface area contributed by atoms with Gasteiger partial charge < -0.3 is 24.8 Å². The minimum Gasteiger partial charge on any atom is -0.506 e. The first-order chi connectivity index (χ1) is 12.6. The molecule has 1 unspecified atom stereocenters. The first-order valence-electron chi connectivity index (χ1n) is 8.03. The van der Waals surface area contributed by atoms with Crippen LogP contribution in [0.5, 0.6) is 17.2 Å². The summed E-state index contributed by atoms with van der Waals surface area (Å²) in [6, 6.07) is 11.6. The smallest absolute Gasteiger partial charge is 0.349 e. The summed E-state index contributed by atoms with van der Waals surface area (Å²) >= 11 is 0. The normalized spacial score (nSPS) is 16.3. The van der Waals surface area contributed by atoms with E-state index in [9.17, 15) is 15.0 Å². The van der Waals surface area contributed by atoms with Crippen LogP contribution >= 0.6 is 0 Å². The number of phenolic OH excluding ortho intramolecular Hbond substituents is 1. The molecule has 0 amide bonds. The van der Waals surface area contributed by atoms with Gasteiger partial charge in [0.15, 0.2) is 11.5 Å². The van der Waals surface area contributed by atoms with Gasteiger partial charge in [-0.05, 0) is 18.2 Å². The van der Waals surface area contributed by atoms with E-state index in [2.05, 4.69) is 10.5 Å². The van der Waals surface area contributed by atoms with Crippen molar-refractivity contribution < 1.29 is 19.4 Å². The third kappa shape index (κ3) is 2.45. The number of phenols is 1. The van der Waals surface area contributed by atoms with Gasteiger partial charge in [0.1, 0.15) is 16.9 Å². The van der Waals surface area contributed by atoms with Crippen molar-refractivity contribution in [2.75, 3.05) is 7.11 Å². The van der Waals surface area contributed by atoms with Gasteiger partial charge in [-0.1, -0.05) is 24.3 Å². The van der Waals surface area contributed by atoms with E-state index in [1.165, 1.54) is 7.11 Å². The van der Waals surface area contributed by atoms with Crippen molar-refractivity contribution in [1.29, 1.82) is 0 Å². The van der Waals surface area contributed by atoms with Gasteiger partial charge in [-0.15, -0.1) is 0 Å². The summed E-state index contributed by atoms with van der Waals surface area (Å²) in [6.45, 7) is 0. The Morgan fingerprint density at radius 2 is 1.96 bits per heavy atom. The Balaban J connectivity index is 1.72. The number of rotatable bonds is 3. The van der Waals surface area contributed by atoms with Gasteiger partial charge >= 0.3 is 5.63 Å². The molecule has 0 saturated heterocycles. The summed E-state index contributed by atoms with van der Waals surface area (Å²) in [5, 5.41) is 25.5. The summed E-state index contributed by atoms with van der Waals surface area (Å²) < 4.78 is 10.4. The van der Waals surface area contributed by atoms with Gasteiger partial charge in [0.05, 0.1) is 24.2 Å². The molecule has 1 aliphatic heterocycles. The average molecular weight is 352 g/mol. The zero-order valence-corrected chi connectivity index (χ0v) is 13.9. The highest BCUT2D eigenvalue weighted by Gasteiger charge is 2.29. The van der Waals surface area contributed by atoms with E-state index in [1.807, 2.05) is 0 Å². The van der Waals surface area contributed by atoms with Crippen LogP contribution in [0.4, 0.5) is 0 Å². The number of fused-ring (bicyclic) bond motifs is 1. The third-order valence-corrected chi connectivity index (χ3v) is 4.45. The predicted octanol–water partition coefficient (Wildman–Crippen LogP) is 2.65. The molecule has 2 heterocycles. The third-order valence-electron chi connectivity index (χ3n) is 4.45. The van der Waals surface area contributed by atoms with Crippen LogP contribution in [0.3, 0.4) is 0 Å². The topological polar surface area (TPSA) is 104 Å². The summed E-state index contributed by atoms with van der Waals surface area (Å²) in [5.74, 6) is 0.206. The standard InChI is InChI=1S/C19H16N2O5/c1-25-15-8-4-6-10(17(15)22)12-9-13(21-20-12)16-18(23)11-5-2-3-7-14(11)26-19(16)24/h2-8,12,20,22-23H,9H2,1H3. The Labute approximate surface area is 148 Å². The first kappa shape index (κ1) is 16.0. The fourth-order valence-electron chi connectivity index (χ4n) is 3.15. The lowest BCUT2D eigenvalue weighted by molar-refractivity contribution is 0.367. The molecule has 0 fully saturated rings. The molecule has 0 saturated carbocycles. The van der Waals surface area contributed by atoms with Crippen molar-refractivity contribution in [2.45, 2.75) is 12.5 Å². The van der Waals surface area contributed by atoms with Gasteiger partial charge in [-0.2, -0.15) is 5.10 Å². The molecule has 0 spiro atoms. The second-order valence-corrected chi connectivity index (χ2v) is 5.95. The summed E-state index contributed by atoms with van der Waals surface area (Å²) in [6.07, 6.45) is 0.303. The Hall–Kier alpha value is -3.48. The maximum Gasteiger partial charge on any atom is 0.349 e. The zero-order chi connectivity index (χ0) is 18.3. The van der Waals surface area contributed by atoms with E-state index < -0.39 is 5.63 Å². The van der Waals surface area contributed by atoms with Crippen LogP contribution in [0.15, 0.2) is 56.8 Å². The van der Waals surface area contributed by atoms with E-state index in [0.29, 0.717) is 34.4 Å². The summed E-state index contributed by atoms with van der Waals surface area (Å²) in [5.41, 5.74) is 3.54. The number of hydrogen-bond donors (Lipinski definition) is 3. The number of hydrogen-bond acceptors (Lipinski definition) is 7. The molecule has 1 aliphatic rings. The molecule has 2 aromatic carbocycles. The van der Waals surface area contributed by atoms with Crippen LogP contribution in [0.1, 0.15) is 23.6 Å². The van der Waals surface area contributed by atoms with Gasteiger partial charge in [0.2, 0.25) is 0 Å². The maximum atomic E-state index is 12.3. The highest BCUT2D eigenvalue weighted by molar-refractivity contribution is 6.06. The second kappa shape index (κ2) is 6.11.